The van der Waals surface area contributed by atoms with Crippen molar-refractivity contribution in [2.24, 2.45) is 0 Å². The Hall–Kier alpha value is -1.81. The summed E-state index contributed by atoms with van der Waals surface area (Å²) in [4.78, 5) is 14.8. The monoisotopic (exact) mass is 290 g/mol. The van der Waals surface area contributed by atoms with Gasteiger partial charge in [0.25, 0.3) is 0 Å². The summed E-state index contributed by atoms with van der Waals surface area (Å²) in [6.45, 7) is 2.12. The molecule has 0 bridgehead atoms. The first kappa shape index (κ1) is 14.6. The number of methoxy groups -OCH3 is 2. The number of hydrogen-bond acceptors (Lipinski definition) is 4. The smallest absolute Gasteiger partial charge is 0.171 e. The van der Waals surface area contributed by atoms with Crippen LogP contribution in [0.3, 0.4) is 0 Å². The molecule has 0 saturated carbocycles. The lowest BCUT2D eigenvalue weighted by Crippen LogP contribution is -2.05. The lowest BCUT2D eigenvalue weighted by molar-refractivity contribution is 0.0991. The van der Waals surface area contributed by atoms with Crippen LogP contribution in [0.15, 0.2) is 30.3 Å². The summed E-state index contributed by atoms with van der Waals surface area (Å²) in [5.74, 6) is 1.30. The van der Waals surface area contributed by atoms with Crippen LogP contribution in [0.2, 0.25) is 0 Å². The molecule has 0 spiro atoms. The molecule has 0 aliphatic carbocycles. The molecule has 0 unspecified atom stereocenters. The first-order valence-electron chi connectivity index (χ1n) is 6.50. The van der Waals surface area contributed by atoms with Crippen LogP contribution in [0, 0.1) is 0 Å². The van der Waals surface area contributed by atoms with Gasteiger partial charge in [-0.1, -0.05) is 6.92 Å². The standard InChI is InChI=1S/C16H18O3S/c1-4-12-6-7-13(20-12)10-15(17)14-8-5-11(18-2)9-16(14)19-3/h5-9H,4,10H2,1-3H3. The van der Waals surface area contributed by atoms with Gasteiger partial charge in [-0.15, -0.1) is 11.3 Å². The molecule has 0 N–H and O–H groups in total. The van der Waals surface area contributed by atoms with Gasteiger partial charge in [0.05, 0.1) is 19.8 Å². The van der Waals surface area contributed by atoms with Crippen LogP contribution in [0.25, 0.3) is 0 Å². The van der Waals surface area contributed by atoms with Crippen molar-refractivity contribution in [1.82, 2.24) is 0 Å². The van der Waals surface area contributed by atoms with Gasteiger partial charge >= 0.3 is 0 Å². The van der Waals surface area contributed by atoms with Crippen molar-refractivity contribution in [3.05, 3.63) is 45.6 Å². The van der Waals surface area contributed by atoms with E-state index in [0.717, 1.165) is 11.3 Å². The summed E-state index contributed by atoms with van der Waals surface area (Å²) in [6.07, 6.45) is 1.41. The Labute approximate surface area is 123 Å². The highest BCUT2D eigenvalue weighted by Crippen LogP contribution is 2.27. The molecule has 1 aromatic carbocycles. The molecule has 2 aromatic rings. The lowest BCUT2D eigenvalue weighted by Gasteiger charge is -2.09. The van der Waals surface area contributed by atoms with Crippen LogP contribution in [0.4, 0.5) is 0 Å². The van der Waals surface area contributed by atoms with Crippen LogP contribution in [0.1, 0.15) is 27.0 Å². The number of carbonyl (C=O) groups is 1. The van der Waals surface area contributed by atoms with E-state index in [2.05, 4.69) is 13.0 Å². The van der Waals surface area contributed by atoms with E-state index < -0.39 is 0 Å². The number of hydrogen-bond donors (Lipinski definition) is 0. The molecular formula is C16H18O3S. The summed E-state index contributed by atoms with van der Waals surface area (Å²) in [5, 5.41) is 0. The number of Topliss-reactive ketones (excluding diaryl/α,β-unsaturated/α-hetero) is 1. The average molecular weight is 290 g/mol. The van der Waals surface area contributed by atoms with Gasteiger partial charge in [-0.25, -0.2) is 0 Å². The number of ether oxygens (including phenoxy) is 2. The van der Waals surface area contributed by atoms with Crippen LogP contribution in [0.5, 0.6) is 11.5 Å². The maximum Gasteiger partial charge on any atom is 0.171 e. The second kappa shape index (κ2) is 6.57. The van der Waals surface area contributed by atoms with Crippen molar-refractivity contribution in [2.45, 2.75) is 19.8 Å². The SMILES string of the molecule is CCc1ccc(CC(=O)c2ccc(OC)cc2OC)s1. The van der Waals surface area contributed by atoms with E-state index in [9.17, 15) is 4.79 Å². The van der Waals surface area contributed by atoms with Crippen molar-refractivity contribution in [1.29, 1.82) is 0 Å². The molecule has 0 saturated heterocycles. The number of thiophene rings is 1. The number of ketones is 1. The minimum Gasteiger partial charge on any atom is -0.497 e. The van der Waals surface area contributed by atoms with Gasteiger partial charge in [0.1, 0.15) is 11.5 Å². The fourth-order valence-electron chi connectivity index (χ4n) is 1.99. The Morgan fingerprint density at radius 2 is 1.85 bits per heavy atom. The summed E-state index contributed by atoms with van der Waals surface area (Å²) >= 11 is 1.69. The zero-order chi connectivity index (χ0) is 14.5. The van der Waals surface area contributed by atoms with Crippen molar-refractivity contribution in [3.8, 4) is 11.5 Å². The Morgan fingerprint density at radius 1 is 1.10 bits per heavy atom. The van der Waals surface area contributed by atoms with Gasteiger partial charge < -0.3 is 9.47 Å². The summed E-state index contributed by atoms with van der Waals surface area (Å²) < 4.78 is 10.4. The predicted molar refractivity (Wildman–Crippen MR) is 81.3 cm³/mol. The molecular weight excluding hydrogens is 272 g/mol. The van der Waals surface area contributed by atoms with Crippen molar-refractivity contribution >= 4 is 17.1 Å². The minimum atomic E-state index is 0.0639. The molecule has 106 valence electrons. The number of rotatable bonds is 6. The lowest BCUT2D eigenvalue weighted by atomic mass is 10.1. The molecule has 0 aliphatic heterocycles. The number of benzene rings is 1. The molecule has 0 amide bonds. The maximum atomic E-state index is 12.4. The fourth-order valence-corrected chi connectivity index (χ4v) is 2.95. The maximum absolute atomic E-state index is 12.4. The van der Waals surface area contributed by atoms with Gasteiger partial charge in [0.2, 0.25) is 0 Å². The Morgan fingerprint density at radius 3 is 2.45 bits per heavy atom. The van der Waals surface area contributed by atoms with E-state index in [0.29, 0.717) is 23.5 Å². The van der Waals surface area contributed by atoms with Crippen LogP contribution >= 0.6 is 11.3 Å². The Bertz CT molecular complexity index is 602. The number of carbonyl (C=O) groups excluding carboxylic acids is 1. The molecule has 2 rings (SSSR count). The van der Waals surface area contributed by atoms with Crippen LogP contribution in [-0.2, 0) is 12.8 Å². The molecule has 3 nitrogen and oxygen atoms in total. The highest BCUT2D eigenvalue weighted by molar-refractivity contribution is 7.12. The first-order valence-corrected chi connectivity index (χ1v) is 7.32. The van der Waals surface area contributed by atoms with E-state index in [4.69, 9.17) is 9.47 Å². The molecule has 0 atom stereocenters. The molecule has 1 heterocycles. The van der Waals surface area contributed by atoms with E-state index in [1.807, 2.05) is 6.07 Å². The highest BCUT2D eigenvalue weighted by Gasteiger charge is 2.14. The first-order chi connectivity index (χ1) is 9.67. The van der Waals surface area contributed by atoms with E-state index in [1.54, 1.807) is 43.8 Å². The molecule has 0 aliphatic rings. The summed E-state index contributed by atoms with van der Waals surface area (Å²) in [7, 11) is 3.15. The van der Waals surface area contributed by atoms with Gasteiger partial charge in [-0.3, -0.25) is 4.79 Å². The number of aryl methyl sites for hydroxylation is 1. The zero-order valence-electron chi connectivity index (χ0n) is 11.9. The van der Waals surface area contributed by atoms with Crippen molar-refractivity contribution in [2.75, 3.05) is 14.2 Å². The van der Waals surface area contributed by atoms with Gasteiger partial charge in [-0.2, -0.15) is 0 Å². The Kier molecular flexibility index (Phi) is 4.79. The molecule has 4 heteroatoms. The topological polar surface area (TPSA) is 35.5 Å². The predicted octanol–water partition coefficient (Wildman–Crippen LogP) is 3.75. The molecule has 0 radical (unpaired) electrons. The summed E-state index contributed by atoms with van der Waals surface area (Å²) in [6, 6.07) is 9.38. The highest BCUT2D eigenvalue weighted by atomic mass is 32.1. The quantitative estimate of drug-likeness (QED) is 0.760. The van der Waals surface area contributed by atoms with E-state index in [1.165, 1.54) is 4.88 Å². The van der Waals surface area contributed by atoms with Gasteiger partial charge in [-0.05, 0) is 30.7 Å². The largest absolute Gasteiger partial charge is 0.497 e. The van der Waals surface area contributed by atoms with Gasteiger partial charge in [0.15, 0.2) is 5.78 Å². The third kappa shape index (κ3) is 3.20. The minimum absolute atomic E-state index is 0.0639. The third-order valence-corrected chi connectivity index (χ3v) is 4.34. The van der Waals surface area contributed by atoms with E-state index in [-0.39, 0.29) is 5.78 Å². The second-order valence-corrected chi connectivity index (χ2v) is 5.64. The second-order valence-electron chi connectivity index (χ2n) is 4.39. The molecule has 1 aromatic heterocycles. The third-order valence-electron chi connectivity index (χ3n) is 3.11. The zero-order valence-corrected chi connectivity index (χ0v) is 12.8. The normalized spacial score (nSPS) is 10.3. The summed E-state index contributed by atoms with van der Waals surface area (Å²) in [5.41, 5.74) is 0.597. The fraction of sp³-hybridized carbons (Fsp3) is 0.312. The van der Waals surface area contributed by atoms with Crippen molar-refractivity contribution < 1.29 is 14.3 Å². The van der Waals surface area contributed by atoms with Crippen molar-refractivity contribution in [3.63, 3.8) is 0 Å². The van der Waals surface area contributed by atoms with Gasteiger partial charge in [0, 0.05) is 22.2 Å². The molecule has 0 fully saturated rings. The Balaban J connectivity index is 2.20. The molecule has 20 heavy (non-hydrogen) atoms. The van der Waals surface area contributed by atoms with Crippen LogP contribution in [-0.4, -0.2) is 20.0 Å². The average Bonchev–Trinajstić information content (AvgIpc) is 2.94. The van der Waals surface area contributed by atoms with Crippen LogP contribution < -0.4 is 9.47 Å². The van der Waals surface area contributed by atoms with E-state index >= 15 is 0 Å².